The van der Waals surface area contributed by atoms with Gasteiger partial charge in [0.2, 0.25) is 0 Å². The molecule has 18 heavy (non-hydrogen) atoms. The van der Waals surface area contributed by atoms with Crippen LogP contribution in [-0.4, -0.2) is 4.98 Å². The van der Waals surface area contributed by atoms with Crippen LogP contribution in [0.1, 0.15) is 17.0 Å². The minimum Gasteiger partial charge on any atom is -0.307 e. The van der Waals surface area contributed by atoms with Crippen LogP contribution in [0.25, 0.3) is 0 Å². The summed E-state index contributed by atoms with van der Waals surface area (Å²) in [6.07, 6.45) is 0. The summed E-state index contributed by atoms with van der Waals surface area (Å²) in [5.41, 5.74) is 3.04. The van der Waals surface area contributed by atoms with Gasteiger partial charge < -0.3 is 5.32 Å². The number of aryl methyl sites for hydroxylation is 1. The predicted molar refractivity (Wildman–Crippen MR) is 76.0 cm³/mol. The van der Waals surface area contributed by atoms with Crippen molar-refractivity contribution in [2.24, 2.45) is 0 Å². The summed E-state index contributed by atoms with van der Waals surface area (Å²) in [5.74, 6) is 0. The molecule has 1 aromatic heterocycles. The van der Waals surface area contributed by atoms with Crippen LogP contribution in [0.15, 0.2) is 36.4 Å². The van der Waals surface area contributed by atoms with Crippen molar-refractivity contribution < 1.29 is 0 Å². The Morgan fingerprint density at radius 2 is 1.83 bits per heavy atom. The van der Waals surface area contributed by atoms with E-state index in [0.29, 0.717) is 23.1 Å². The molecule has 0 bridgehead atoms. The van der Waals surface area contributed by atoms with Gasteiger partial charge in [-0.2, -0.15) is 0 Å². The number of halogens is 2. The monoisotopic (exact) mass is 280 g/mol. The minimum absolute atomic E-state index is 0.588. The van der Waals surface area contributed by atoms with Crippen LogP contribution >= 0.6 is 23.2 Å². The third-order valence-electron chi connectivity index (χ3n) is 2.60. The van der Waals surface area contributed by atoms with Crippen LogP contribution in [0.5, 0.6) is 0 Å². The molecule has 1 N–H and O–H groups in total. The molecule has 2 rings (SSSR count). The molecule has 2 aromatic rings. The highest BCUT2D eigenvalue weighted by molar-refractivity contribution is 6.42. The molecule has 0 saturated carbocycles. The lowest BCUT2D eigenvalue weighted by Crippen LogP contribution is -2.14. The molecule has 0 unspecified atom stereocenters. The van der Waals surface area contributed by atoms with Gasteiger partial charge >= 0.3 is 0 Å². The largest absolute Gasteiger partial charge is 0.307 e. The van der Waals surface area contributed by atoms with Crippen molar-refractivity contribution in [3.63, 3.8) is 0 Å². The molecule has 0 aliphatic rings. The average molecular weight is 281 g/mol. The van der Waals surface area contributed by atoms with E-state index in [9.17, 15) is 0 Å². The third-order valence-corrected chi connectivity index (χ3v) is 3.46. The number of rotatable bonds is 4. The van der Waals surface area contributed by atoms with Crippen molar-refractivity contribution in [3.8, 4) is 0 Å². The number of hydrogen-bond acceptors (Lipinski definition) is 2. The minimum atomic E-state index is 0.588. The van der Waals surface area contributed by atoms with Crippen LogP contribution in [-0.2, 0) is 13.1 Å². The highest BCUT2D eigenvalue weighted by atomic mass is 35.5. The van der Waals surface area contributed by atoms with Crippen molar-refractivity contribution in [2.45, 2.75) is 20.0 Å². The maximum absolute atomic E-state index is 6.11. The summed E-state index contributed by atoms with van der Waals surface area (Å²) in [6.45, 7) is 3.37. The number of pyridine rings is 1. The number of hydrogen-bond donors (Lipinski definition) is 1. The van der Waals surface area contributed by atoms with Gasteiger partial charge in [0.05, 0.1) is 15.7 Å². The molecular weight excluding hydrogens is 267 g/mol. The molecule has 0 radical (unpaired) electrons. The van der Waals surface area contributed by atoms with Gasteiger partial charge in [-0.25, -0.2) is 0 Å². The first kappa shape index (κ1) is 13.3. The fraction of sp³-hybridized carbons (Fsp3) is 0.214. The molecule has 0 spiro atoms. The van der Waals surface area contributed by atoms with Crippen LogP contribution in [0.3, 0.4) is 0 Å². The zero-order valence-corrected chi connectivity index (χ0v) is 11.6. The summed E-state index contributed by atoms with van der Waals surface area (Å²) >= 11 is 12.1. The van der Waals surface area contributed by atoms with E-state index in [1.165, 1.54) is 0 Å². The lowest BCUT2D eigenvalue weighted by atomic mass is 10.2. The van der Waals surface area contributed by atoms with Gasteiger partial charge in [-0.15, -0.1) is 0 Å². The Morgan fingerprint density at radius 3 is 2.61 bits per heavy atom. The molecule has 94 valence electrons. The van der Waals surface area contributed by atoms with E-state index < -0.39 is 0 Å². The molecule has 0 amide bonds. The summed E-state index contributed by atoms with van der Waals surface area (Å²) < 4.78 is 0. The predicted octanol–water partition coefficient (Wildman–Crippen LogP) is 3.99. The van der Waals surface area contributed by atoms with Gasteiger partial charge in [0.1, 0.15) is 0 Å². The Labute approximate surface area is 117 Å². The SMILES string of the molecule is Cc1cccc(CNCc2cccc(Cl)c2Cl)n1. The average Bonchev–Trinajstić information content (AvgIpc) is 2.35. The van der Waals surface area contributed by atoms with E-state index in [4.69, 9.17) is 23.2 Å². The topological polar surface area (TPSA) is 24.9 Å². The Bertz CT molecular complexity index is 541. The van der Waals surface area contributed by atoms with E-state index in [2.05, 4.69) is 10.3 Å². The Hall–Kier alpha value is -1.09. The first-order chi connectivity index (χ1) is 8.66. The molecule has 1 aromatic carbocycles. The van der Waals surface area contributed by atoms with Crippen LogP contribution in [0.2, 0.25) is 10.0 Å². The molecule has 1 heterocycles. The maximum Gasteiger partial charge on any atom is 0.0637 e. The van der Waals surface area contributed by atoms with Crippen molar-refractivity contribution in [2.75, 3.05) is 0 Å². The molecular formula is C14H14Cl2N2. The standard InChI is InChI=1S/C14H14Cl2N2/c1-10-4-2-6-12(18-10)9-17-8-11-5-3-7-13(15)14(11)16/h2-7,17H,8-9H2,1H3. The molecule has 0 saturated heterocycles. The molecule has 0 atom stereocenters. The Morgan fingerprint density at radius 1 is 1.06 bits per heavy atom. The lowest BCUT2D eigenvalue weighted by Gasteiger charge is -2.07. The summed E-state index contributed by atoms with van der Waals surface area (Å²) in [7, 11) is 0. The summed E-state index contributed by atoms with van der Waals surface area (Å²) in [6, 6.07) is 11.6. The van der Waals surface area contributed by atoms with Crippen LogP contribution in [0, 0.1) is 6.92 Å². The normalized spacial score (nSPS) is 10.6. The van der Waals surface area contributed by atoms with E-state index in [-0.39, 0.29) is 0 Å². The fourth-order valence-corrected chi connectivity index (χ4v) is 2.10. The molecule has 0 aliphatic heterocycles. The van der Waals surface area contributed by atoms with Crippen LogP contribution < -0.4 is 5.32 Å². The number of nitrogens with zero attached hydrogens (tertiary/aromatic N) is 1. The summed E-state index contributed by atoms with van der Waals surface area (Å²) in [4.78, 5) is 4.42. The lowest BCUT2D eigenvalue weighted by molar-refractivity contribution is 0.678. The van der Waals surface area contributed by atoms with E-state index >= 15 is 0 Å². The van der Waals surface area contributed by atoms with Gasteiger partial charge in [-0.1, -0.05) is 41.4 Å². The molecule has 0 aliphatic carbocycles. The number of aromatic nitrogens is 1. The van der Waals surface area contributed by atoms with Crippen molar-refractivity contribution in [1.29, 1.82) is 0 Å². The second-order valence-corrected chi connectivity index (χ2v) is 4.87. The van der Waals surface area contributed by atoms with Gasteiger partial charge in [0, 0.05) is 18.8 Å². The quantitative estimate of drug-likeness (QED) is 0.916. The molecule has 0 fully saturated rings. The Balaban J connectivity index is 1.94. The molecule has 4 heteroatoms. The van der Waals surface area contributed by atoms with E-state index in [1.807, 2.05) is 37.3 Å². The third kappa shape index (κ3) is 3.45. The first-order valence-electron chi connectivity index (χ1n) is 5.73. The zero-order valence-electron chi connectivity index (χ0n) is 10.1. The number of benzene rings is 1. The van der Waals surface area contributed by atoms with Crippen LogP contribution in [0.4, 0.5) is 0 Å². The van der Waals surface area contributed by atoms with Gasteiger partial charge in [0.25, 0.3) is 0 Å². The van der Waals surface area contributed by atoms with Crippen molar-refractivity contribution >= 4 is 23.2 Å². The first-order valence-corrected chi connectivity index (χ1v) is 6.48. The van der Waals surface area contributed by atoms with Gasteiger partial charge in [0.15, 0.2) is 0 Å². The summed E-state index contributed by atoms with van der Waals surface area (Å²) in [5, 5.41) is 4.51. The van der Waals surface area contributed by atoms with Crippen molar-refractivity contribution in [1.82, 2.24) is 10.3 Å². The molecule has 2 nitrogen and oxygen atoms in total. The highest BCUT2D eigenvalue weighted by Gasteiger charge is 2.03. The van der Waals surface area contributed by atoms with Gasteiger partial charge in [-0.3, -0.25) is 4.98 Å². The second-order valence-electron chi connectivity index (χ2n) is 4.09. The van der Waals surface area contributed by atoms with Gasteiger partial charge in [-0.05, 0) is 30.7 Å². The van der Waals surface area contributed by atoms with E-state index in [1.54, 1.807) is 6.07 Å². The smallest absolute Gasteiger partial charge is 0.0637 e. The second kappa shape index (κ2) is 6.19. The zero-order chi connectivity index (χ0) is 13.0. The maximum atomic E-state index is 6.11. The Kier molecular flexibility index (Phi) is 4.59. The fourth-order valence-electron chi connectivity index (χ4n) is 1.71. The van der Waals surface area contributed by atoms with E-state index in [0.717, 1.165) is 17.0 Å². The number of nitrogens with one attached hydrogen (secondary N) is 1. The van der Waals surface area contributed by atoms with Crippen molar-refractivity contribution in [3.05, 3.63) is 63.4 Å². The highest BCUT2D eigenvalue weighted by Crippen LogP contribution is 2.25.